The number of hydrogen-bond donors (Lipinski definition) is 1. The first-order valence-electron chi connectivity index (χ1n) is 7.27. The van der Waals surface area contributed by atoms with Gasteiger partial charge >= 0.3 is 0 Å². The average Bonchev–Trinajstić information content (AvgIpc) is 3.05. The molecule has 0 bridgehead atoms. The van der Waals surface area contributed by atoms with E-state index in [-0.39, 0.29) is 0 Å². The highest BCUT2D eigenvalue weighted by Crippen LogP contribution is 2.28. The van der Waals surface area contributed by atoms with E-state index in [1.807, 2.05) is 0 Å². The lowest BCUT2D eigenvalue weighted by Gasteiger charge is -2.21. The van der Waals surface area contributed by atoms with Crippen LogP contribution in [0.5, 0.6) is 0 Å². The SMILES string of the molecule is CN(CCOCC1CC1)CCC1CCCC1N. The Morgan fingerprint density at radius 2 is 2.00 bits per heavy atom. The van der Waals surface area contributed by atoms with Crippen molar-refractivity contribution < 1.29 is 4.74 Å². The number of ether oxygens (including phenoxy) is 1. The lowest BCUT2D eigenvalue weighted by molar-refractivity contribution is 0.102. The van der Waals surface area contributed by atoms with Crippen molar-refractivity contribution in [2.24, 2.45) is 17.6 Å². The molecular formula is C14H28N2O. The van der Waals surface area contributed by atoms with Gasteiger partial charge in [0.15, 0.2) is 0 Å². The van der Waals surface area contributed by atoms with E-state index in [0.29, 0.717) is 6.04 Å². The van der Waals surface area contributed by atoms with Gasteiger partial charge in [-0.2, -0.15) is 0 Å². The smallest absolute Gasteiger partial charge is 0.0593 e. The van der Waals surface area contributed by atoms with Crippen molar-refractivity contribution in [3.8, 4) is 0 Å². The van der Waals surface area contributed by atoms with E-state index in [2.05, 4.69) is 11.9 Å². The van der Waals surface area contributed by atoms with Gasteiger partial charge in [-0.15, -0.1) is 0 Å². The molecule has 0 heterocycles. The summed E-state index contributed by atoms with van der Waals surface area (Å²) in [5.41, 5.74) is 6.08. The molecule has 2 aliphatic carbocycles. The molecule has 17 heavy (non-hydrogen) atoms. The molecule has 0 amide bonds. The summed E-state index contributed by atoms with van der Waals surface area (Å²) in [7, 11) is 2.20. The Hall–Kier alpha value is -0.120. The molecule has 2 unspecified atom stereocenters. The van der Waals surface area contributed by atoms with E-state index in [1.165, 1.54) is 45.1 Å². The number of nitrogens with zero attached hydrogens (tertiary/aromatic N) is 1. The Balaban J connectivity index is 1.46. The molecule has 2 aliphatic rings. The van der Waals surface area contributed by atoms with Gasteiger partial charge in [0.1, 0.15) is 0 Å². The van der Waals surface area contributed by atoms with Gasteiger partial charge in [0.25, 0.3) is 0 Å². The van der Waals surface area contributed by atoms with E-state index in [1.54, 1.807) is 0 Å². The molecule has 2 rings (SSSR count). The second-order valence-corrected chi connectivity index (χ2v) is 5.97. The fourth-order valence-corrected chi connectivity index (χ4v) is 2.68. The van der Waals surface area contributed by atoms with E-state index in [0.717, 1.165) is 31.6 Å². The number of hydrogen-bond acceptors (Lipinski definition) is 3. The molecule has 0 radical (unpaired) electrons. The third kappa shape index (κ3) is 4.94. The minimum atomic E-state index is 0.467. The van der Waals surface area contributed by atoms with Crippen molar-refractivity contribution in [1.82, 2.24) is 4.90 Å². The van der Waals surface area contributed by atoms with E-state index < -0.39 is 0 Å². The van der Waals surface area contributed by atoms with Crippen LogP contribution in [0.2, 0.25) is 0 Å². The molecule has 0 aromatic rings. The molecule has 2 fully saturated rings. The largest absolute Gasteiger partial charge is 0.380 e. The highest BCUT2D eigenvalue weighted by molar-refractivity contribution is 4.80. The van der Waals surface area contributed by atoms with Crippen LogP contribution in [0.25, 0.3) is 0 Å². The summed E-state index contributed by atoms with van der Waals surface area (Å²) in [5.74, 6) is 1.65. The maximum absolute atomic E-state index is 6.08. The number of rotatable bonds is 8. The van der Waals surface area contributed by atoms with Crippen LogP contribution in [0.1, 0.15) is 38.5 Å². The zero-order valence-electron chi connectivity index (χ0n) is 11.2. The Bertz CT molecular complexity index is 218. The van der Waals surface area contributed by atoms with Crippen molar-refractivity contribution in [2.45, 2.75) is 44.6 Å². The first kappa shape index (κ1) is 13.3. The first-order valence-corrected chi connectivity index (χ1v) is 7.27. The molecule has 2 atom stereocenters. The third-order valence-corrected chi connectivity index (χ3v) is 4.27. The zero-order valence-corrected chi connectivity index (χ0v) is 11.2. The lowest BCUT2D eigenvalue weighted by Crippen LogP contribution is -2.30. The van der Waals surface area contributed by atoms with Gasteiger partial charge in [-0.3, -0.25) is 0 Å². The second kappa shape index (κ2) is 6.72. The van der Waals surface area contributed by atoms with E-state index >= 15 is 0 Å². The van der Waals surface area contributed by atoms with Crippen LogP contribution >= 0.6 is 0 Å². The van der Waals surface area contributed by atoms with Gasteiger partial charge in [-0.25, -0.2) is 0 Å². The maximum atomic E-state index is 6.08. The zero-order chi connectivity index (χ0) is 12.1. The average molecular weight is 240 g/mol. The second-order valence-electron chi connectivity index (χ2n) is 5.97. The highest BCUT2D eigenvalue weighted by Gasteiger charge is 2.23. The van der Waals surface area contributed by atoms with Gasteiger partial charge < -0.3 is 15.4 Å². The minimum absolute atomic E-state index is 0.467. The van der Waals surface area contributed by atoms with Gasteiger partial charge in [0.2, 0.25) is 0 Å². The van der Waals surface area contributed by atoms with Crippen LogP contribution in [0.4, 0.5) is 0 Å². The van der Waals surface area contributed by atoms with Crippen LogP contribution in [0, 0.1) is 11.8 Å². The van der Waals surface area contributed by atoms with Crippen molar-refractivity contribution in [3.63, 3.8) is 0 Å². The van der Waals surface area contributed by atoms with Gasteiger partial charge in [-0.05, 0) is 57.5 Å². The first-order chi connectivity index (χ1) is 8.25. The molecule has 0 aromatic heterocycles. The van der Waals surface area contributed by atoms with Crippen molar-refractivity contribution >= 4 is 0 Å². The number of likely N-dealkylation sites (N-methyl/N-ethyl adjacent to an activating group) is 1. The molecule has 0 aromatic carbocycles. The monoisotopic (exact) mass is 240 g/mol. The normalized spacial score (nSPS) is 29.1. The molecular weight excluding hydrogens is 212 g/mol. The molecule has 3 nitrogen and oxygen atoms in total. The molecule has 2 N–H and O–H groups in total. The highest BCUT2D eigenvalue weighted by atomic mass is 16.5. The number of nitrogens with two attached hydrogens (primary N) is 1. The summed E-state index contributed by atoms with van der Waals surface area (Å²) in [5, 5.41) is 0. The predicted molar refractivity (Wildman–Crippen MR) is 71.0 cm³/mol. The van der Waals surface area contributed by atoms with Crippen LogP contribution in [-0.4, -0.2) is 44.3 Å². The van der Waals surface area contributed by atoms with Crippen LogP contribution in [-0.2, 0) is 4.74 Å². The fourth-order valence-electron chi connectivity index (χ4n) is 2.68. The standard InChI is InChI=1S/C14H28N2O/c1-16(9-10-17-11-12-5-6-12)8-7-13-3-2-4-14(13)15/h12-14H,2-11,15H2,1H3. The van der Waals surface area contributed by atoms with Gasteiger partial charge in [-0.1, -0.05) is 6.42 Å². The summed E-state index contributed by atoms with van der Waals surface area (Å²) in [6.45, 7) is 4.12. The van der Waals surface area contributed by atoms with Crippen molar-refractivity contribution in [3.05, 3.63) is 0 Å². The van der Waals surface area contributed by atoms with Crippen LogP contribution in [0.3, 0.4) is 0 Å². The molecule has 0 spiro atoms. The summed E-state index contributed by atoms with van der Waals surface area (Å²) in [4.78, 5) is 2.39. The van der Waals surface area contributed by atoms with Crippen molar-refractivity contribution in [2.75, 3.05) is 33.4 Å². The Kier molecular flexibility index (Phi) is 5.26. The lowest BCUT2D eigenvalue weighted by atomic mass is 10.0. The van der Waals surface area contributed by atoms with Gasteiger partial charge in [0.05, 0.1) is 6.61 Å². The van der Waals surface area contributed by atoms with Crippen LogP contribution < -0.4 is 5.73 Å². The summed E-state index contributed by atoms with van der Waals surface area (Å²) in [6, 6.07) is 0.467. The van der Waals surface area contributed by atoms with E-state index in [4.69, 9.17) is 10.5 Å². The fraction of sp³-hybridized carbons (Fsp3) is 1.00. The third-order valence-electron chi connectivity index (χ3n) is 4.27. The van der Waals surface area contributed by atoms with E-state index in [9.17, 15) is 0 Å². The topological polar surface area (TPSA) is 38.5 Å². The molecule has 2 saturated carbocycles. The Morgan fingerprint density at radius 1 is 1.18 bits per heavy atom. The molecule has 100 valence electrons. The Morgan fingerprint density at radius 3 is 2.65 bits per heavy atom. The van der Waals surface area contributed by atoms with Gasteiger partial charge in [0, 0.05) is 19.2 Å². The Labute approximate surface area is 106 Å². The van der Waals surface area contributed by atoms with Crippen LogP contribution in [0.15, 0.2) is 0 Å². The minimum Gasteiger partial charge on any atom is -0.380 e. The quantitative estimate of drug-likeness (QED) is 0.658. The van der Waals surface area contributed by atoms with Crippen molar-refractivity contribution in [1.29, 1.82) is 0 Å². The predicted octanol–water partition coefficient (Wildman–Crippen LogP) is 1.86. The summed E-state index contributed by atoms with van der Waals surface area (Å²) < 4.78 is 5.65. The molecule has 3 heteroatoms. The molecule has 0 saturated heterocycles. The summed E-state index contributed by atoms with van der Waals surface area (Å²) in [6.07, 6.45) is 7.94. The summed E-state index contributed by atoms with van der Waals surface area (Å²) >= 11 is 0. The maximum Gasteiger partial charge on any atom is 0.0593 e. The molecule has 0 aliphatic heterocycles.